The van der Waals surface area contributed by atoms with Crippen LogP contribution >= 0.6 is 0 Å². The Morgan fingerprint density at radius 1 is 0.512 bits per heavy atom. The number of ether oxygens (including phenoxy) is 1. The van der Waals surface area contributed by atoms with Crippen LogP contribution in [0.25, 0.3) is 106 Å². The van der Waals surface area contributed by atoms with Crippen LogP contribution in [0.1, 0.15) is 101 Å². The lowest BCUT2D eigenvalue weighted by molar-refractivity contribution is -0.571. The van der Waals surface area contributed by atoms with Crippen molar-refractivity contribution in [2.75, 3.05) is 0 Å². The summed E-state index contributed by atoms with van der Waals surface area (Å²) < 4.78 is 224. The summed E-state index contributed by atoms with van der Waals surface area (Å²) in [6.07, 6.45) is 5.22. The number of rotatable bonds is 10. The first-order valence-corrected chi connectivity index (χ1v) is 26.6. The van der Waals surface area contributed by atoms with E-state index in [1.165, 1.54) is 52.5 Å². The minimum atomic E-state index is -2.88. The van der Waals surface area contributed by atoms with Gasteiger partial charge in [0, 0.05) is 31.3 Å². The fourth-order valence-corrected chi connectivity index (χ4v) is 10.4. The molecule has 10 aromatic carbocycles. The second-order valence-electron chi connectivity index (χ2n) is 22.2. The topological polar surface area (TPSA) is 35.9 Å². The molecule has 82 heavy (non-hydrogen) atoms. The van der Waals surface area contributed by atoms with Crippen LogP contribution in [-0.2, 0) is 10.8 Å². The van der Waals surface area contributed by atoms with Crippen molar-refractivity contribution in [2.45, 2.75) is 73.0 Å². The van der Waals surface area contributed by atoms with Crippen LogP contribution in [0.2, 0.25) is 0 Å². The maximum atomic E-state index is 10.6. The Balaban J connectivity index is 1.18. The molecule has 0 amide bonds. The number of imidazole rings is 1. The average Bonchev–Trinajstić information content (AvgIpc) is 1.64. The molecule has 0 atom stereocenters. The fraction of sp³-hybridized carbons (Fsp3) is 0.143. The highest BCUT2D eigenvalue weighted by Crippen LogP contribution is 2.43. The molecule has 13 aromatic rings. The second-order valence-corrected chi connectivity index (χ2v) is 22.2. The predicted molar refractivity (Wildman–Crippen MR) is 341 cm³/mol. The third-order valence-corrected chi connectivity index (χ3v) is 14.5. The van der Waals surface area contributed by atoms with Gasteiger partial charge in [0.15, 0.2) is 0 Å². The third kappa shape index (κ3) is 9.66. The molecular weight excluding hydrogens is 997 g/mol. The maximum Gasteiger partial charge on any atom is 0.269 e. The van der Waals surface area contributed by atoms with E-state index in [0.29, 0.717) is 17.1 Å². The molecule has 5 nitrogen and oxygen atoms in total. The van der Waals surface area contributed by atoms with Crippen molar-refractivity contribution in [1.29, 1.82) is 0 Å². The van der Waals surface area contributed by atoms with Gasteiger partial charge in [0.25, 0.3) is 6.33 Å². The number of hydrogen-bond donors (Lipinski definition) is 0. The zero-order valence-corrected chi connectivity index (χ0v) is 45.9. The summed E-state index contributed by atoms with van der Waals surface area (Å²) in [6, 6.07) is 22.9. The molecule has 0 unspecified atom stereocenters. The number of para-hydroxylation sites is 1. The Morgan fingerprint density at radius 2 is 1.17 bits per heavy atom. The van der Waals surface area contributed by atoms with Crippen LogP contribution in [0, 0.1) is 27.0 Å². The Bertz CT molecular complexity index is 5660. The number of fused-ring (bicyclic) bond motifs is 4. The normalized spacial score (nSPS) is 16.3. The summed E-state index contributed by atoms with van der Waals surface area (Å²) in [4.78, 5) is 4.85. The number of hydrogen-bond acceptors (Lipinski definition) is 2. The van der Waals surface area contributed by atoms with E-state index in [-0.39, 0.29) is 72.5 Å². The molecule has 0 aliphatic carbocycles. The van der Waals surface area contributed by atoms with Gasteiger partial charge in [0.1, 0.15) is 17.3 Å². The molecule has 3 aromatic heterocycles. The molecule has 0 radical (unpaired) electrons. The zero-order chi connectivity index (χ0) is 76.2. The van der Waals surface area contributed by atoms with E-state index in [0.717, 1.165) is 27.4 Å². The molecule has 0 saturated heterocycles. The van der Waals surface area contributed by atoms with Gasteiger partial charge in [-0.3, -0.25) is 13.7 Å². The lowest BCUT2D eigenvalue weighted by Gasteiger charge is -2.26. The number of pyridine rings is 1. The molecule has 5 heteroatoms. The molecule has 3 heterocycles. The van der Waals surface area contributed by atoms with Gasteiger partial charge in [-0.15, -0.1) is 0 Å². The number of aryl methyl sites for hydroxylation is 2. The SMILES string of the molecule is [2H]c1c([2H])c([2H])c(-c2cc(C(C)(C)C)cc(-c3c([2H])c(-c4c([2H])c([2H])c([2H])c([2H])c4[2H])c([2H])c(-c4c([2H])c([2H])c([2H])c(C)c4[2H])c3[2H])c2-[n+]2[c-]n(-c3cccc(Oc4ccc5c6ccccc6n(-c6cc(C(C)(C)C)ccn6)c5c4)c3)c3cc(-c4c(C([2H])([2H])[2H])cccc4C([2H])([2H])[2H])ccc32)c([2H])c1[2H]. The van der Waals surface area contributed by atoms with Crippen LogP contribution in [0.4, 0.5) is 0 Å². The summed E-state index contributed by atoms with van der Waals surface area (Å²) in [5, 5.41) is 1.88. The van der Waals surface area contributed by atoms with E-state index in [1.807, 2.05) is 48.5 Å². The van der Waals surface area contributed by atoms with Gasteiger partial charge in [0.2, 0.25) is 0 Å². The van der Waals surface area contributed by atoms with Gasteiger partial charge in [-0.05, 0) is 182 Å². The van der Waals surface area contributed by atoms with Gasteiger partial charge in [-0.1, -0.05) is 198 Å². The van der Waals surface area contributed by atoms with Crippen LogP contribution in [0.3, 0.4) is 0 Å². The van der Waals surface area contributed by atoms with E-state index >= 15 is 0 Å². The standard InChI is InChI=1S/C77H66N4O/c1-50-21-18-28-55(39-50)58-40-57(53-24-12-10-13-25-53)41-59(42-58)68-45-61(77(7,8)9)44-67(54-26-14-11-15-27-54)75(68)80-49-79(72-43-56(33-36-70(72)80)74-51(2)22-19-23-52(74)3)62-29-20-30-63(47-62)82-64-34-35-66-65-31-16-17-32-69(65)81(71(66)48-64)73-46-60(37-38-78-73)76(4,5)6/h10-48H,1-9H3/i2D3,3D3,10D,11D,12D,13D,14D,15D,18D,21D,24D,25D,26D,27D,28D,39D,40D,41D,42D. The molecule has 0 aliphatic heterocycles. The first kappa shape index (κ1) is 32.0. The lowest BCUT2D eigenvalue weighted by atomic mass is 9.81. The van der Waals surface area contributed by atoms with Crippen LogP contribution in [-0.4, -0.2) is 14.1 Å². The summed E-state index contributed by atoms with van der Waals surface area (Å²) in [5.41, 5.74) is -2.52. The Morgan fingerprint density at radius 3 is 1.91 bits per heavy atom. The van der Waals surface area contributed by atoms with E-state index in [1.54, 1.807) is 63.4 Å². The first-order chi connectivity index (χ1) is 49.1. The van der Waals surface area contributed by atoms with Crippen molar-refractivity contribution in [3.8, 4) is 84.3 Å². The van der Waals surface area contributed by atoms with Crippen LogP contribution in [0.5, 0.6) is 11.5 Å². The van der Waals surface area contributed by atoms with Gasteiger partial charge in [-0.2, -0.15) is 0 Å². The Kier molecular flexibility index (Phi) is 8.01. The maximum absolute atomic E-state index is 10.6. The second kappa shape index (κ2) is 20.5. The van der Waals surface area contributed by atoms with E-state index in [2.05, 4.69) is 37.7 Å². The van der Waals surface area contributed by atoms with E-state index in [4.69, 9.17) is 28.9 Å². The molecule has 0 bridgehead atoms. The van der Waals surface area contributed by atoms with Crippen molar-refractivity contribution in [3.63, 3.8) is 0 Å². The van der Waals surface area contributed by atoms with Crippen molar-refractivity contribution in [1.82, 2.24) is 14.1 Å². The third-order valence-electron chi connectivity index (χ3n) is 14.5. The van der Waals surface area contributed by atoms with Crippen LogP contribution < -0.4 is 9.30 Å². The molecule has 400 valence electrons. The molecule has 0 aliphatic rings. The van der Waals surface area contributed by atoms with Gasteiger partial charge < -0.3 is 4.74 Å². The largest absolute Gasteiger partial charge is 0.458 e. The fourth-order valence-electron chi connectivity index (χ4n) is 10.4. The highest BCUT2D eigenvalue weighted by atomic mass is 16.5. The average molecular weight is 1090 g/mol. The summed E-state index contributed by atoms with van der Waals surface area (Å²) in [5.74, 6) is 1.34. The van der Waals surface area contributed by atoms with Gasteiger partial charge >= 0.3 is 0 Å². The number of aromatic nitrogens is 4. The Labute approximate surface area is 514 Å². The Hall–Kier alpha value is -9.58. The highest BCUT2D eigenvalue weighted by Gasteiger charge is 2.26. The van der Waals surface area contributed by atoms with Gasteiger partial charge in [-0.25, -0.2) is 4.98 Å². The lowest BCUT2D eigenvalue weighted by Crippen LogP contribution is -2.32. The monoisotopic (exact) mass is 1090 g/mol. The van der Waals surface area contributed by atoms with Crippen molar-refractivity contribution in [3.05, 3.63) is 270 Å². The molecular formula is C77H66N4O. The molecule has 13 rings (SSSR count). The first-order valence-electron chi connectivity index (χ1n) is 38.1. The highest BCUT2D eigenvalue weighted by molar-refractivity contribution is 6.09. The predicted octanol–water partition coefficient (Wildman–Crippen LogP) is 19.8. The van der Waals surface area contributed by atoms with Crippen molar-refractivity contribution in [2.24, 2.45) is 0 Å². The smallest absolute Gasteiger partial charge is 0.269 e. The molecule has 0 saturated carbocycles. The minimum Gasteiger partial charge on any atom is -0.458 e. The van der Waals surface area contributed by atoms with E-state index < -0.39 is 155 Å². The quantitative estimate of drug-likeness (QED) is 0.101. The zero-order valence-electron chi connectivity index (χ0n) is 68.9. The van der Waals surface area contributed by atoms with Crippen molar-refractivity contribution >= 4 is 32.8 Å². The van der Waals surface area contributed by atoms with Crippen LogP contribution in [0.15, 0.2) is 236 Å². The van der Waals surface area contributed by atoms with E-state index in [9.17, 15) is 12.3 Å². The number of benzene rings is 10. The summed E-state index contributed by atoms with van der Waals surface area (Å²) >= 11 is 0. The summed E-state index contributed by atoms with van der Waals surface area (Å²) in [6.45, 7) is 7.33. The number of nitrogens with zero attached hydrogens (tertiary/aromatic N) is 4. The molecule has 0 spiro atoms. The summed E-state index contributed by atoms with van der Waals surface area (Å²) in [7, 11) is 0. The molecule has 0 N–H and O–H groups in total. The van der Waals surface area contributed by atoms with Crippen molar-refractivity contribution < 1.29 is 40.8 Å². The molecule has 0 fully saturated rings. The minimum absolute atomic E-state index is 0.0917. The van der Waals surface area contributed by atoms with Gasteiger partial charge in [0.05, 0.1) is 56.7 Å².